The molecule has 0 unspecified atom stereocenters. The number of hydrogen-bond acceptors (Lipinski definition) is 7. The van der Waals surface area contributed by atoms with Crippen LogP contribution in [0.5, 0.6) is 0 Å². The van der Waals surface area contributed by atoms with Gasteiger partial charge in [-0.15, -0.1) is 5.11 Å². The van der Waals surface area contributed by atoms with Crippen molar-refractivity contribution in [1.82, 2.24) is 4.90 Å². The van der Waals surface area contributed by atoms with Gasteiger partial charge in [0.2, 0.25) is 5.91 Å². The first-order chi connectivity index (χ1) is 8.34. The Balaban J connectivity index is 2.48. The Kier molecular flexibility index (Phi) is 3.01. The van der Waals surface area contributed by atoms with Crippen molar-refractivity contribution in [2.24, 2.45) is 16.2 Å². The topological polar surface area (TPSA) is 141 Å². The fourth-order valence-electron chi connectivity index (χ4n) is 2.64. The summed E-state index contributed by atoms with van der Waals surface area (Å²) in [5.41, 5.74) is -1.46. The summed E-state index contributed by atoms with van der Waals surface area (Å²) in [7, 11) is 0. The van der Waals surface area contributed by atoms with Crippen molar-refractivity contribution >= 4 is 5.91 Å². The normalized spacial score (nSPS) is 47.8. The summed E-state index contributed by atoms with van der Waals surface area (Å²) < 4.78 is 5.45. The van der Waals surface area contributed by atoms with Crippen molar-refractivity contribution in [3.05, 3.63) is 0 Å². The van der Waals surface area contributed by atoms with Crippen LogP contribution < -0.4 is 5.84 Å². The molecule has 5 N–H and O–H groups in total. The highest BCUT2D eigenvalue weighted by atomic mass is 16.6. The fraction of sp³-hybridized carbons (Fsp3) is 0.889. The molecule has 2 bridgehead atoms. The van der Waals surface area contributed by atoms with E-state index in [9.17, 15) is 20.1 Å². The monoisotopic (exact) mass is 260 g/mol. The number of likely N-dealkylation sites (tertiary alicyclic amines) is 1. The number of amides is 1. The van der Waals surface area contributed by atoms with Crippen LogP contribution in [0.25, 0.3) is 0 Å². The average molecular weight is 260 g/mol. The van der Waals surface area contributed by atoms with E-state index in [1.807, 2.05) is 0 Å². The lowest BCUT2D eigenvalue weighted by molar-refractivity contribution is -0.254. The van der Waals surface area contributed by atoms with Crippen molar-refractivity contribution in [3.8, 4) is 0 Å². The van der Waals surface area contributed by atoms with Crippen LogP contribution in [0.3, 0.4) is 0 Å². The first kappa shape index (κ1) is 13.1. The summed E-state index contributed by atoms with van der Waals surface area (Å²) in [6, 6.07) is 0. The molecular formula is C9H16N4O5. The highest BCUT2D eigenvalue weighted by molar-refractivity contribution is 5.75. The van der Waals surface area contributed by atoms with Crippen LogP contribution in [-0.4, -0.2) is 62.4 Å². The lowest BCUT2D eigenvalue weighted by Gasteiger charge is -2.42. The minimum absolute atomic E-state index is 0.433. The molecule has 0 aromatic rings. The van der Waals surface area contributed by atoms with E-state index in [4.69, 9.17) is 10.6 Å². The van der Waals surface area contributed by atoms with Crippen molar-refractivity contribution in [2.45, 2.75) is 50.2 Å². The number of rotatable bonds is 1. The molecule has 6 atom stereocenters. The third kappa shape index (κ3) is 1.52. The van der Waals surface area contributed by atoms with Crippen LogP contribution in [0.1, 0.15) is 13.8 Å². The Bertz CT molecular complexity index is 391. The molecule has 0 radical (unpaired) electrons. The molecule has 2 rings (SSSR count). The second-order valence-electron chi connectivity index (χ2n) is 4.60. The minimum atomic E-state index is -1.46. The van der Waals surface area contributed by atoms with Crippen LogP contribution in [0, 0.1) is 0 Å². The molecule has 2 aliphatic heterocycles. The zero-order valence-electron chi connectivity index (χ0n) is 9.96. The van der Waals surface area contributed by atoms with Crippen LogP contribution in [0.15, 0.2) is 10.3 Å². The first-order valence-corrected chi connectivity index (χ1v) is 5.46. The van der Waals surface area contributed by atoms with Gasteiger partial charge in [0.1, 0.15) is 24.4 Å². The van der Waals surface area contributed by atoms with Gasteiger partial charge in [0.15, 0.2) is 11.9 Å². The molecule has 0 spiro atoms. The van der Waals surface area contributed by atoms with Gasteiger partial charge in [0.05, 0.1) is 0 Å². The summed E-state index contributed by atoms with van der Waals surface area (Å²) in [5, 5.41) is 36.3. The standard InChI is InChI=1S/C9H16N4O5/c1-3(14)13-8(11-12-10)6-4(15)5(16)7(17)9(13,2)18-6/h4-8,15-17H,1-2H3,(H2,10,11)/t4-,5-,6+,7-,8+,9-/m0/s1. The molecule has 2 heterocycles. The number of ether oxygens (including phenoxy) is 1. The second-order valence-corrected chi connectivity index (χ2v) is 4.60. The molecule has 1 amide bonds. The van der Waals surface area contributed by atoms with Gasteiger partial charge in [-0.2, -0.15) is 0 Å². The van der Waals surface area contributed by atoms with E-state index in [0.717, 1.165) is 4.90 Å². The average Bonchev–Trinajstić information content (AvgIpc) is 2.58. The number of carbonyl (C=O) groups is 1. The molecule has 9 nitrogen and oxygen atoms in total. The number of nitrogens with two attached hydrogens (primary N) is 1. The van der Waals surface area contributed by atoms with E-state index in [1.165, 1.54) is 13.8 Å². The number of fused-ring (bicyclic) bond motifs is 2. The third-order valence-electron chi connectivity index (χ3n) is 3.49. The molecule has 102 valence electrons. The van der Waals surface area contributed by atoms with E-state index >= 15 is 0 Å². The number of carbonyl (C=O) groups excluding carboxylic acids is 1. The van der Waals surface area contributed by atoms with Crippen LogP contribution in [0.4, 0.5) is 0 Å². The maximum absolute atomic E-state index is 11.7. The van der Waals surface area contributed by atoms with E-state index in [-0.39, 0.29) is 0 Å². The van der Waals surface area contributed by atoms with Gasteiger partial charge in [-0.05, 0) is 6.92 Å². The van der Waals surface area contributed by atoms with Gasteiger partial charge in [0, 0.05) is 6.92 Å². The van der Waals surface area contributed by atoms with Crippen LogP contribution >= 0.6 is 0 Å². The zero-order chi connectivity index (χ0) is 13.7. The van der Waals surface area contributed by atoms with Gasteiger partial charge >= 0.3 is 0 Å². The van der Waals surface area contributed by atoms with E-state index in [0.29, 0.717) is 0 Å². The molecule has 9 heteroatoms. The van der Waals surface area contributed by atoms with E-state index in [2.05, 4.69) is 10.3 Å². The first-order valence-electron chi connectivity index (χ1n) is 5.46. The molecular weight excluding hydrogens is 244 g/mol. The maximum atomic E-state index is 11.7. The quantitative estimate of drug-likeness (QED) is 0.237. The Hall–Kier alpha value is -1.29. The van der Waals surface area contributed by atoms with Gasteiger partial charge in [-0.25, -0.2) is 0 Å². The summed E-state index contributed by atoms with van der Waals surface area (Å²) in [5.74, 6) is 4.54. The predicted molar refractivity (Wildman–Crippen MR) is 56.6 cm³/mol. The molecule has 0 saturated carbocycles. The van der Waals surface area contributed by atoms with Crippen molar-refractivity contribution in [3.63, 3.8) is 0 Å². The Labute approximate surface area is 103 Å². The van der Waals surface area contributed by atoms with Gasteiger partial charge in [0.25, 0.3) is 0 Å². The van der Waals surface area contributed by atoms with E-state index in [1.54, 1.807) is 0 Å². The molecule has 18 heavy (non-hydrogen) atoms. The third-order valence-corrected chi connectivity index (χ3v) is 3.49. The molecule has 2 fully saturated rings. The number of hydrogen-bond donors (Lipinski definition) is 4. The number of nitrogens with zero attached hydrogens (tertiary/aromatic N) is 3. The largest absolute Gasteiger partial charge is 0.387 e. The van der Waals surface area contributed by atoms with Gasteiger partial charge < -0.3 is 25.9 Å². The Morgan fingerprint density at radius 2 is 2.00 bits per heavy atom. The molecule has 0 aliphatic carbocycles. The lowest BCUT2D eigenvalue weighted by atomic mass is 9.94. The second kappa shape index (κ2) is 4.12. The lowest BCUT2D eigenvalue weighted by Crippen LogP contribution is -2.62. The Morgan fingerprint density at radius 3 is 2.50 bits per heavy atom. The summed E-state index contributed by atoms with van der Waals surface area (Å²) in [4.78, 5) is 12.8. The highest BCUT2D eigenvalue weighted by Crippen LogP contribution is 2.43. The summed E-state index contributed by atoms with van der Waals surface area (Å²) in [6.45, 7) is 2.70. The van der Waals surface area contributed by atoms with Crippen LogP contribution in [-0.2, 0) is 9.53 Å². The predicted octanol–water partition coefficient (Wildman–Crippen LogP) is -2.30. The molecule has 0 aromatic heterocycles. The number of aliphatic hydroxyl groups excluding tert-OH is 3. The minimum Gasteiger partial charge on any atom is -0.387 e. The Morgan fingerprint density at radius 1 is 1.39 bits per heavy atom. The summed E-state index contributed by atoms with van der Waals surface area (Å²) >= 11 is 0. The van der Waals surface area contributed by atoms with Gasteiger partial charge in [-0.1, -0.05) is 5.22 Å². The molecule has 0 aromatic carbocycles. The van der Waals surface area contributed by atoms with Crippen molar-refractivity contribution in [2.75, 3.05) is 0 Å². The van der Waals surface area contributed by atoms with Crippen molar-refractivity contribution in [1.29, 1.82) is 0 Å². The molecule has 2 aliphatic rings. The van der Waals surface area contributed by atoms with Crippen molar-refractivity contribution < 1.29 is 24.9 Å². The maximum Gasteiger partial charge on any atom is 0.223 e. The molecule has 2 saturated heterocycles. The zero-order valence-corrected chi connectivity index (χ0v) is 9.96. The van der Waals surface area contributed by atoms with Crippen LogP contribution in [0.2, 0.25) is 0 Å². The highest BCUT2D eigenvalue weighted by Gasteiger charge is 2.65. The fourth-order valence-corrected chi connectivity index (χ4v) is 2.64. The number of aliphatic hydroxyl groups is 3. The summed E-state index contributed by atoms with van der Waals surface area (Å²) in [6.07, 6.45) is -6.23. The van der Waals surface area contributed by atoms with Gasteiger partial charge in [-0.3, -0.25) is 9.69 Å². The smallest absolute Gasteiger partial charge is 0.223 e. The van der Waals surface area contributed by atoms with E-state index < -0.39 is 42.2 Å². The SMILES string of the molecule is CC(=O)N1[C@@H](/N=N/N)[C@@H]2O[C@@]1(C)[C@@H](O)[C@@H](O)[C@@H]2O.